The molecule has 0 bridgehead atoms. The molecule has 0 amide bonds. The second-order valence-electron chi connectivity index (χ2n) is 4.57. The molecule has 2 aromatic rings. The molecule has 0 aliphatic heterocycles. The predicted octanol–water partition coefficient (Wildman–Crippen LogP) is 4.77. The van der Waals surface area contributed by atoms with Gasteiger partial charge in [0.1, 0.15) is 0 Å². The molecule has 0 fully saturated rings. The molecule has 2 N–H and O–H groups in total. The highest BCUT2D eigenvalue weighted by atomic mass is 35.5. The van der Waals surface area contributed by atoms with Crippen molar-refractivity contribution in [3.05, 3.63) is 55.6 Å². The molecule has 0 heterocycles. The number of nitro benzene ring substituents is 1. The monoisotopic (exact) mass is 310 g/mol. The van der Waals surface area contributed by atoms with Crippen LogP contribution < -0.4 is 5.73 Å². The molecule has 0 radical (unpaired) electrons. The molecule has 0 aliphatic rings. The van der Waals surface area contributed by atoms with Gasteiger partial charge in [0.15, 0.2) is 0 Å². The van der Waals surface area contributed by atoms with E-state index in [0.717, 1.165) is 5.56 Å². The van der Waals surface area contributed by atoms with E-state index in [0.29, 0.717) is 27.4 Å². The number of halogens is 2. The molecule has 0 aliphatic carbocycles. The van der Waals surface area contributed by atoms with Crippen LogP contribution in [0.5, 0.6) is 0 Å². The summed E-state index contributed by atoms with van der Waals surface area (Å²) >= 11 is 12.0. The summed E-state index contributed by atoms with van der Waals surface area (Å²) in [5, 5.41) is 11.9. The summed E-state index contributed by atoms with van der Waals surface area (Å²) in [5.74, 6) is 0. The first-order valence-corrected chi connectivity index (χ1v) is 6.57. The number of hydrogen-bond acceptors (Lipinski definition) is 3. The maximum Gasteiger partial charge on any atom is 0.279 e. The molecule has 0 saturated heterocycles. The number of benzene rings is 2. The van der Waals surface area contributed by atoms with Crippen LogP contribution in [-0.2, 0) is 0 Å². The van der Waals surface area contributed by atoms with Gasteiger partial charge >= 0.3 is 0 Å². The maximum atomic E-state index is 11.3. The summed E-state index contributed by atoms with van der Waals surface area (Å²) in [6.45, 7) is 3.58. The second kappa shape index (κ2) is 5.31. The zero-order chi connectivity index (χ0) is 15.0. The maximum absolute atomic E-state index is 11.3. The van der Waals surface area contributed by atoms with Crippen molar-refractivity contribution in [2.24, 2.45) is 0 Å². The van der Waals surface area contributed by atoms with Crippen molar-refractivity contribution < 1.29 is 4.92 Å². The Bertz CT molecular complexity index is 695. The van der Waals surface area contributed by atoms with E-state index in [4.69, 9.17) is 28.9 Å². The van der Waals surface area contributed by atoms with E-state index in [9.17, 15) is 10.1 Å². The summed E-state index contributed by atoms with van der Waals surface area (Å²) in [4.78, 5) is 10.8. The van der Waals surface area contributed by atoms with Crippen LogP contribution >= 0.6 is 23.2 Å². The van der Waals surface area contributed by atoms with Crippen LogP contribution in [0.2, 0.25) is 10.0 Å². The average molecular weight is 311 g/mol. The lowest BCUT2D eigenvalue weighted by Gasteiger charge is -2.12. The van der Waals surface area contributed by atoms with Gasteiger partial charge in [0.25, 0.3) is 5.69 Å². The molecule has 0 aromatic heterocycles. The molecule has 0 spiro atoms. The third-order valence-corrected chi connectivity index (χ3v) is 3.61. The first kappa shape index (κ1) is 14.6. The zero-order valence-electron chi connectivity index (χ0n) is 10.9. The van der Waals surface area contributed by atoms with Gasteiger partial charge in [-0.1, -0.05) is 29.3 Å². The number of nitrogen functional groups attached to an aromatic ring is 1. The van der Waals surface area contributed by atoms with Gasteiger partial charge in [0.2, 0.25) is 0 Å². The van der Waals surface area contributed by atoms with Crippen LogP contribution in [0.15, 0.2) is 24.3 Å². The zero-order valence-corrected chi connectivity index (χ0v) is 12.4. The summed E-state index contributed by atoms with van der Waals surface area (Å²) < 4.78 is 0. The predicted molar refractivity (Wildman–Crippen MR) is 82.4 cm³/mol. The quantitative estimate of drug-likeness (QED) is 0.493. The van der Waals surface area contributed by atoms with Gasteiger partial charge in [-0.3, -0.25) is 10.1 Å². The van der Waals surface area contributed by atoms with Crippen LogP contribution in [0.1, 0.15) is 11.1 Å². The Labute approximate surface area is 126 Å². The summed E-state index contributed by atoms with van der Waals surface area (Å²) in [6, 6.07) is 6.56. The van der Waals surface area contributed by atoms with E-state index in [1.165, 1.54) is 6.07 Å². The number of nitrogens with two attached hydrogens (primary N) is 1. The number of aryl methyl sites for hydroxylation is 1. The molecule has 0 unspecified atom stereocenters. The standard InChI is InChI=1S/C14H12Cl2N2O2/c1-7-3-9(5-10(15)4-7)13-8(2)14(17)11(16)6-12(13)18(19)20/h3-6H,17H2,1-2H3. The lowest BCUT2D eigenvalue weighted by molar-refractivity contribution is -0.384. The molecule has 20 heavy (non-hydrogen) atoms. The lowest BCUT2D eigenvalue weighted by atomic mass is 9.96. The van der Waals surface area contributed by atoms with Gasteiger partial charge in [-0.25, -0.2) is 0 Å². The Hall–Kier alpha value is -1.78. The van der Waals surface area contributed by atoms with Gasteiger partial charge < -0.3 is 5.73 Å². The van der Waals surface area contributed by atoms with Gasteiger partial charge in [-0.15, -0.1) is 0 Å². The first-order valence-electron chi connectivity index (χ1n) is 5.81. The Morgan fingerprint density at radius 1 is 1.15 bits per heavy atom. The van der Waals surface area contributed by atoms with Gasteiger partial charge in [-0.05, 0) is 42.7 Å². The Morgan fingerprint density at radius 3 is 2.35 bits per heavy atom. The summed E-state index contributed by atoms with van der Waals surface area (Å²) in [6.07, 6.45) is 0. The molecule has 4 nitrogen and oxygen atoms in total. The van der Waals surface area contributed by atoms with Crippen LogP contribution in [0.25, 0.3) is 11.1 Å². The van der Waals surface area contributed by atoms with Crippen LogP contribution in [0.3, 0.4) is 0 Å². The van der Waals surface area contributed by atoms with E-state index in [2.05, 4.69) is 0 Å². The minimum atomic E-state index is -0.468. The smallest absolute Gasteiger partial charge is 0.279 e. The van der Waals surface area contributed by atoms with Crippen molar-refractivity contribution in [2.45, 2.75) is 13.8 Å². The minimum absolute atomic E-state index is 0.0802. The Balaban J connectivity index is 2.84. The van der Waals surface area contributed by atoms with Gasteiger partial charge in [0, 0.05) is 11.1 Å². The molecule has 6 heteroatoms. The fourth-order valence-electron chi connectivity index (χ4n) is 2.16. The largest absolute Gasteiger partial charge is 0.397 e. The third kappa shape index (κ3) is 2.57. The molecular formula is C14H12Cl2N2O2. The van der Waals surface area contributed by atoms with Crippen molar-refractivity contribution in [3.63, 3.8) is 0 Å². The number of rotatable bonds is 2. The molecule has 104 valence electrons. The Morgan fingerprint density at radius 2 is 1.80 bits per heavy atom. The minimum Gasteiger partial charge on any atom is -0.397 e. The summed E-state index contributed by atoms with van der Waals surface area (Å²) in [5.41, 5.74) is 8.72. The number of anilines is 1. The highest BCUT2D eigenvalue weighted by molar-refractivity contribution is 6.34. The SMILES string of the molecule is Cc1cc(Cl)cc(-c2c([N+](=O)[O-])cc(Cl)c(N)c2C)c1. The van der Waals surface area contributed by atoms with E-state index >= 15 is 0 Å². The first-order chi connectivity index (χ1) is 9.31. The summed E-state index contributed by atoms with van der Waals surface area (Å²) in [7, 11) is 0. The molecular weight excluding hydrogens is 299 g/mol. The van der Waals surface area contributed by atoms with E-state index in [-0.39, 0.29) is 10.7 Å². The Kier molecular flexibility index (Phi) is 3.88. The van der Waals surface area contributed by atoms with Crippen molar-refractivity contribution >= 4 is 34.6 Å². The van der Waals surface area contributed by atoms with E-state index < -0.39 is 4.92 Å². The van der Waals surface area contributed by atoms with Crippen LogP contribution in [0.4, 0.5) is 11.4 Å². The second-order valence-corrected chi connectivity index (χ2v) is 5.41. The van der Waals surface area contributed by atoms with E-state index in [1.807, 2.05) is 13.0 Å². The normalized spacial score (nSPS) is 10.6. The number of hydrogen-bond donors (Lipinski definition) is 1. The van der Waals surface area contributed by atoms with E-state index in [1.54, 1.807) is 19.1 Å². The van der Waals surface area contributed by atoms with Crippen molar-refractivity contribution in [1.82, 2.24) is 0 Å². The number of nitrogens with zero attached hydrogens (tertiary/aromatic N) is 1. The molecule has 0 atom stereocenters. The topological polar surface area (TPSA) is 69.2 Å². The highest BCUT2D eigenvalue weighted by Gasteiger charge is 2.22. The van der Waals surface area contributed by atoms with Crippen molar-refractivity contribution in [1.29, 1.82) is 0 Å². The fourth-order valence-corrected chi connectivity index (χ4v) is 2.70. The van der Waals surface area contributed by atoms with Crippen LogP contribution in [0, 0.1) is 24.0 Å². The highest BCUT2D eigenvalue weighted by Crippen LogP contribution is 2.40. The lowest BCUT2D eigenvalue weighted by Crippen LogP contribution is -2.00. The average Bonchev–Trinajstić information content (AvgIpc) is 2.34. The molecule has 2 aromatic carbocycles. The van der Waals surface area contributed by atoms with Crippen LogP contribution in [-0.4, -0.2) is 4.92 Å². The third-order valence-electron chi connectivity index (χ3n) is 3.08. The van der Waals surface area contributed by atoms with Gasteiger partial charge in [-0.2, -0.15) is 0 Å². The number of nitro groups is 1. The van der Waals surface area contributed by atoms with Crippen molar-refractivity contribution in [2.75, 3.05) is 5.73 Å². The molecule has 0 saturated carbocycles. The van der Waals surface area contributed by atoms with Crippen molar-refractivity contribution in [3.8, 4) is 11.1 Å². The van der Waals surface area contributed by atoms with Gasteiger partial charge in [0.05, 0.1) is 21.2 Å². The fraction of sp³-hybridized carbons (Fsp3) is 0.143. The molecule has 2 rings (SSSR count).